The van der Waals surface area contributed by atoms with Crippen molar-refractivity contribution in [2.45, 2.75) is 13.3 Å². The minimum Gasteiger partial charge on any atom is -0.324 e. The summed E-state index contributed by atoms with van der Waals surface area (Å²) in [7, 11) is 0. The number of halogens is 1. The average molecular weight is 236 g/mol. The van der Waals surface area contributed by atoms with Crippen LogP contribution in [0.5, 0.6) is 0 Å². The van der Waals surface area contributed by atoms with Crippen LogP contribution in [0.15, 0.2) is 29.2 Å². The Hall–Kier alpha value is -1.68. The SMILES string of the molecule is CCc1[nH]c(=O)c(Cl)cc1-c1cccnn1. The fourth-order valence-electron chi connectivity index (χ4n) is 1.50. The summed E-state index contributed by atoms with van der Waals surface area (Å²) in [5.74, 6) is 0. The van der Waals surface area contributed by atoms with Gasteiger partial charge in [0, 0.05) is 17.5 Å². The molecule has 0 saturated carbocycles. The summed E-state index contributed by atoms with van der Waals surface area (Å²) in [6.07, 6.45) is 2.31. The summed E-state index contributed by atoms with van der Waals surface area (Å²) >= 11 is 5.80. The number of H-pyrrole nitrogens is 1. The van der Waals surface area contributed by atoms with E-state index in [1.54, 1.807) is 18.3 Å². The van der Waals surface area contributed by atoms with Gasteiger partial charge in [-0.2, -0.15) is 10.2 Å². The summed E-state index contributed by atoms with van der Waals surface area (Å²) < 4.78 is 0. The van der Waals surface area contributed by atoms with Gasteiger partial charge in [-0.25, -0.2) is 0 Å². The summed E-state index contributed by atoms with van der Waals surface area (Å²) in [5.41, 5.74) is 2.07. The van der Waals surface area contributed by atoms with Crippen LogP contribution in [0.3, 0.4) is 0 Å². The number of hydrogen-bond donors (Lipinski definition) is 1. The lowest BCUT2D eigenvalue weighted by molar-refractivity contribution is 0.990. The van der Waals surface area contributed by atoms with Gasteiger partial charge in [-0.15, -0.1) is 0 Å². The van der Waals surface area contributed by atoms with Gasteiger partial charge in [-0.3, -0.25) is 4.79 Å². The normalized spacial score (nSPS) is 10.4. The van der Waals surface area contributed by atoms with Gasteiger partial charge in [0.25, 0.3) is 5.56 Å². The van der Waals surface area contributed by atoms with Crippen molar-refractivity contribution in [1.82, 2.24) is 15.2 Å². The zero-order valence-corrected chi connectivity index (χ0v) is 9.45. The highest BCUT2D eigenvalue weighted by atomic mass is 35.5. The van der Waals surface area contributed by atoms with Crippen molar-refractivity contribution in [2.75, 3.05) is 0 Å². The standard InChI is InChI=1S/C11H10ClN3O/c1-2-9-7(6-8(12)11(16)14-9)10-4-3-5-13-15-10/h3-6H,2H2,1H3,(H,14,16). The third-order valence-electron chi connectivity index (χ3n) is 2.28. The van der Waals surface area contributed by atoms with Crippen LogP contribution in [0.25, 0.3) is 11.3 Å². The first-order valence-electron chi connectivity index (χ1n) is 4.92. The molecule has 0 saturated heterocycles. The minimum atomic E-state index is -0.272. The van der Waals surface area contributed by atoms with E-state index in [2.05, 4.69) is 15.2 Å². The van der Waals surface area contributed by atoms with Gasteiger partial charge >= 0.3 is 0 Å². The number of nitrogens with one attached hydrogen (secondary N) is 1. The predicted octanol–water partition coefficient (Wildman–Crippen LogP) is 2.05. The maximum atomic E-state index is 11.4. The zero-order valence-electron chi connectivity index (χ0n) is 8.70. The molecule has 2 rings (SSSR count). The van der Waals surface area contributed by atoms with E-state index in [9.17, 15) is 4.79 Å². The molecule has 0 fully saturated rings. The monoisotopic (exact) mass is 235 g/mol. The molecular formula is C11H10ClN3O. The Morgan fingerprint density at radius 3 is 2.94 bits per heavy atom. The Labute approximate surface area is 97.3 Å². The molecule has 0 bridgehead atoms. The molecule has 0 spiro atoms. The van der Waals surface area contributed by atoms with Crippen LogP contribution in [-0.4, -0.2) is 15.2 Å². The van der Waals surface area contributed by atoms with Crippen molar-refractivity contribution in [1.29, 1.82) is 0 Å². The molecule has 0 amide bonds. The van der Waals surface area contributed by atoms with Gasteiger partial charge in [0.1, 0.15) is 5.02 Å². The molecule has 1 N–H and O–H groups in total. The molecular weight excluding hydrogens is 226 g/mol. The number of rotatable bonds is 2. The quantitative estimate of drug-likeness (QED) is 0.867. The highest BCUT2D eigenvalue weighted by Crippen LogP contribution is 2.21. The van der Waals surface area contributed by atoms with Crippen molar-refractivity contribution < 1.29 is 0 Å². The van der Waals surface area contributed by atoms with Crippen molar-refractivity contribution in [3.8, 4) is 11.3 Å². The number of aromatic amines is 1. The highest BCUT2D eigenvalue weighted by Gasteiger charge is 2.09. The van der Waals surface area contributed by atoms with Crippen LogP contribution in [0.4, 0.5) is 0 Å². The molecule has 2 aromatic rings. The third kappa shape index (κ3) is 1.97. The van der Waals surface area contributed by atoms with E-state index < -0.39 is 0 Å². The number of nitrogens with zero attached hydrogens (tertiary/aromatic N) is 2. The number of aromatic nitrogens is 3. The van der Waals surface area contributed by atoms with E-state index in [4.69, 9.17) is 11.6 Å². The first-order valence-corrected chi connectivity index (χ1v) is 5.30. The summed E-state index contributed by atoms with van der Waals surface area (Å²) in [4.78, 5) is 14.1. The number of pyridine rings is 1. The highest BCUT2D eigenvalue weighted by molar-refractivity contribution is 6.30. The molecule has 2 aromatic heterocycles. The van der Waals surface area contributed by atoms with Crippen LogP contribution in [0, 0.1) is 0 Å². The maximum absolute atomic E-state index is 11.4. The van der Waals surface area contributed by atoms with Gasteiger partial charge in [0.2, 0.25) is 0 Å². The molecule has 0 aromatic carbocycles. The molecule has 0 aliphatic heterocycles. The zero-order chi connectivity index (χ0) is 11.5. The van der Waals surface area contributed by atoms with E-state index in [0.717, 1.165) is 11.3 Å². The second-order valence-corrected chi connectivity index (χ2v) is 3.71. The van der Waals surface area contributed by atoms with Crippen LogP contribution >= 0.6 is 11.6 Å². The van der Waals surface area contributed by atoms with Gasteiger partial charge in [-0.05, 0) is 24.6 Å². The van der Waals surface area contributed by atoms with Gasteiger partial charge in [-0.1, -0.05) is 18.5 Å². The molecule has 0 aliphatic rings. The Morgan fingerprint density at radius 2 is 2.31 bits per heavy atom. The van der Waals surface area contributed by atoms with E-state index in [1.807, 2.05) is 13.0 Å². The molecule has 16 heavy (non-hydrogen) atoms. The fourth-order valence-corrected chi connectivity index (χ4v) is 1.65. The van der Waals surface area contributed by atoms with Crippen molar-refractivity contribution in [3.63, 3.8) is 0 Å². The maximum Gasteiger partial charge on any atom is 0.266 e. The van der Waals surface area contributed by atoms with Crippen LogP contribution < -0.4 is 5.56 Å². The lowest BCUT2D eigenvalue weighted by atomic mass is 10.1. The lowest BCUT2D eigenvalue weighted by Crippen LogP contribution is -2.10. The second kappa shape index (κ2) is 4.45. The van der Waals surface area contributed by atoms with Crippen molar-refractivity contribution in [3.05, 3.63) is 45.5 Å². The van der Waals surface area contributed by atoms with Crippen LogP contribution in [0.2, 0.25) is 5.02 Å². The molecule has 82 valence electrons. The van der Waals surface area contributed by atoms with Crippen molar-refractivity contribution >= 4 is 11.6 Å². The largest absolute Gasteiger partial charge is 0.324 e. The first kappa shape index (κ1) is 10.8. The van der Waals surface area contributed by atoms with E-state index in [0.29, 0.717) is 12.1 Å². The second-order valence-electron chi connectivity index (χ2n) is 3.30. The topological polar surface area (TPSA) is 58.6 Å². The van der Waals surface area contributed by atoms with Gasteiger partial charge in [0.15, 0.2) is 0 Å². The Kier molecular flexibility index (Phi) is 3.01. The summed E-state index contributed by atoms with van der Waals surface area (Å²) in [6.45, 7) is 1.96. The first-order chi connectivity index (χ1) is 7.72. The van der Waals surface area contributed by atoms with Gasteiger partial charge < -0.3 is 4.98 Å². The van der Waals surface area contributed by atoms with Crippen LogP contribution in [-0.2, 0) is 6.42 Å². The third-order valence-corrected chi connectivity index (χ3v) is 2.56. The molecule has 0 aliphatic carbocycles. The summed E-state index contributed by atoms with van der Waals surface area (Å²) in [5, 5.41) is 7.97. The smallest absolute Gasteiger partial charge is 0.266 e. The van der Waals surface area contributed by atoms with Gasteiger partial charge in [0.05, 0.1) is 5.69 Å². The molecule has 0 atom stereocenters. The molecule has 4 nitrogen and oxygen atoms in total. The average Bonchev–Trinajstić information content (AvgIpc) is 2.33. The van der Waals surface area contributed by atoms with E-state index in [1.165, 1.54) is 0 Å². The Bertz CT molecular complexity index is 551. The Balaban J connectivity index is 2.65. The summed E-state index contributed by atoms with van der Waals surface area (Å²) in [6, 6.07) is 5.25. The molecule has 5 heteroatoms. The number of hydrogen-bond acceptors (Lipinski definition) is 3. The molecule has 0 radical (unpaired) electrons. The van der Waals surface area contributed by atoms with Crippen LogP contribution in [0.1, 0.15) is 12.6 Å². The molecule has 2 heterocycles. The fraction of sp³-hybridized carbons (Fsp3) is 0.182. The minimum absolute atomic E-state index is 0.165. The Morgan fingerprint density at radius 1 is 1.50 bits per heavy atom. The molecule has 0 unspecified atom stereocenters. The van der Waals surface area contributed by atoms with Crippen molar-refractivity contribution in [2.24, 2.45) is 0 Å². The lowest BCUT2D eigenvalue weighted by Gasteiger charge is -2.06. The predicted molar refractivity (Wildman–Crippen MR) is 62.5 cm³/mol. The number of aryl methyl sites for hydroxylation is 1. The van der Waals surface area contributed by atoms with E-state index in [-0.39, 0.29) is 10.6 Å². The van der Waals surface area contributed by atoms with E-state index >= 15 is 0 Å².